The molecule has 114 valence electrons. The molecule has 0 aliphatic heterocycles. The average molecular weight is 293 g/mol. The Balaban J connectivity index is 2.62. The van der Waals surface area contributed by atoms with Gasteiger partial charge in [-0.05, 0) is 37.1 Å². The molecule has 2 nitrogen and oxygen atoms in total. The predicted octanol–water partition coefficient (Wildman–Crippen LogP) is 3.68. The summed E-state index contributed by atoms with van der Waals surface area (Å²) in [5.41, 5.74) is 0.455. The molecule has 0 heterocycles. The van der Waals surface area contributed by atoms with Crippen LogP contribution >= 0.6 is 0 Å². The summed E-state index contributed by atoms with van der Waals surface area (Å²) >= 11 is 0. The zero-order valence-electron chi connectivity index (χ0n) is 11.3. The number of hydrogen-bond acceptors (Lipinski definition) is 2. The third kappa shape index (κ3) is 6.34. The van der Waals surface area contributed by atoms with Crippen LogP contribution in [0.5, 0.6) is 0 Å². The summed E-state index contributed by atoms with van der Waals surface area (Å²) in [7, 11) is 0. The Morgan fingerprint density at radius 3 is 2.35 bits per heavy atom. The van der Waals surface area contributed by atoms with Gasteiger partial charge in [-0.2, -0.15) is 0 Å². The van der Waals surface area contributed by atoms with Gasteiger partial charge in [0, 0.05) is 18.7 Å². The summed E-state index contributed by atoms with van der Waals surface area (Å²) < 4.78 is 55.1. The van der Waals surface area contributed by atoms with Gasteiger partial charge in [-0.25, -0.2) is 17.6 Å². The van der Waals surface area contributed by atoms with Crippen molar-refractivity contribution in [1.29, 1.82) is 0 Å². The van der Waals surface area contributed by atoms with Crippen LogP contribution in [0.4, 0.5) is 17.6 Å². The Bertz CT molecular complexity index is 381. The minimum atomic E-state index is -2.51. The van der Waals surface area contributed by atoms with Crippen LogP contribution in [-0.4, -0.2) is 26.2 Å². The largest absolute Gasteiger partial charge is 0.375 e. The summed E-state index contributed by atoms with van der Waals surface area (Å²) in [4.78, 5) is 0. The van der Waals surface area contributed by atoms with Gasteiger partial charge in [-0.3, -0.25) is 0 Å². The van der Waals surface area contributed by atoms with Gasteiger partial charge in [0.2, 0.25) is 0 Å². The molecule has 0 aliphatic rings. The number of halogens is 4. The zero-order chi connectivity index (χ0) is 15.0. The molecular weight excluding hydrogens is 274 g/mol. The van der Waals surface area contributed by atoms with E-state index < -0.39 is 24.7 Å². The smallest absolute Gasteiger partial charge is 0.261 e. The topological polar surface area (TPSA) is 21.3 Å². The van der Waals surface area contributed by atoms with E-state index in [1.54, 1.807) is 0 Å². The third-order valence-electron chi connectivity index (χ3n) is 2.72. The number of hydrogen-bond donors (Lipinski definition) is 1. The van der Waals surface area contributed by atoms with E-state index in [4.69, 9.17) is 4.74 Å². The molecule has 0 aliphatic carbocycles. The van der Waals surface area contributed by atoms with Crippen molar-refractivity contribution in [3.05, 3.63) is 35.4 Å². The number of nitrogens with one attached hydrogen (secondary N) is 1. The van der Waals surface area contributed by atoms with E-state index in [0.717, 1.165) is 12.5 Å². The normalized spacial score (nSPS) is 12.9. The Kier molecular flexibility index (Phi) is 7.54. The van der Waals surface area contributed by atoms with E-state index in [1.165, 1.54) is 12.1 Å². The molecule has 1 N–H and O–H groups in total. The molecule has 0 bridgehead atoms. The third-order valence-corrected chi connectivity index (χ3v) is 2.72. The molecule has 0 saturated carbocycles. The molecule has 6 heteroatoms. The highest BCUT2D eigenvalue weighted by Gasteiger charge is 2.13. The lowest BCUT2D eigenvalue weighted by Gasteiger charge is -2.19. The molecule has 0 saturated heterocycles. The van der Waals surface area contributed by atoms with Gasteiger partial charge >= 0.3 is 0 Å². The second kappa shape index (κ2) is 8.92. The Morgan fingerprint density at radius 2 is 1.80 bits per heavy atom. The molecule has 0 spiro atoms. The molecule has 0 aromatic heterocycles. The van der Waals surface area contributed by atoms with E-state index in [1.807, 2.05) is 6.92 Å². The van der Waals surface area contributed by atoms with Gasteiger partial charge in [0.1, 0.15) is 18.2 Å². The highest BCUT2D eigenvalue weighted by atomic mass is 19.3. The average Bonchev–Trinajstić information content (AvgIpc) is 2.36. The van der Waals surface area contributed by atoms with Crippen LogP contribution in [0.2, 0.25) is 0 Å². The van der Waals surface area contributed by atoms with Crippen molar-refractivity contribution in [2.24, 2.45) is 0 Å². The Hall–Kier alpha value is -1.14. The fourth-order valence-electron chi connectivity index (χ4n) is 1.86. The van der Waals surface area contributed by atoms with E-state index >= 15 is 0 Å². The minimum Gasteiger partial charge on any atom is -0.375 e. The quantitative estimate of drug-likeness (QED) is 0.554. The van der Waals surface area contributed by atoms with Crippen LogP contribution in [0.1, 0.15) is 31.4 Å². The van der Waals surface area contributed by atoms with Gasteiger partial charge in [0.05, 0.1) is 0 Å². The minimum absolute atomic E-state index is 0.101. The number of alkyl halides is 2. The van der Waals surface area contributed by atoms with Crippen LogP contribution in [0.25, 0.3) is 0 Å². The van der Waals surface area contributed by atoms with Crippen LogP contribution in [0.15, 0.2) is 18.2 Å². The first-order valence-corrected chi connectivity index (χ1v) is 6.58. The highest BCUT2D eigenvalue weighted by molar-refractivity contribution is 5.21. The molecule has 0 amide bonds. The number of benzene rings is 1. The Morgan fingerprint density at radius 1 is 1.15 bits per heavy atom. The van der Waals surface area contributed by atoms with Crippen molar-refractivity contribution < 1.29 is 22.3 Å². The maximum Gasteiger partial charge on any atom is 0.261 e. The molecule has 1 aromatic carbocycles. The summed E-state index contributed by atoms with van der Waals surface area (Å²) in [6.45, 7) is 2.10. The Labute approximate surface area is 116 Å². The molecule has 1 atom stereocenters. The first-order chi connectivity index (χ1) is 9.52. The lowest BCUT2D eigenvalue weighted by atomic mass is 10.0. The van der Waals surface area contributed by atoms with Gasteiger partial charge in [-0.1, -0.05) is 6.92 Å². The summed E-state index contributed by atoms with van der Waals surface area (Å²) in [5.74, 6) is -1.31. The van der Waals surface area contributed by atoms with E-state index in [9.17, 15) is 17.6 Å². The molecule has 20 heavy (non-hydrogen) atoms. The molecule has 1 aromatic rings. The lowest BCUT2D eigenvalue weighted by molar-refractivity contribution is 0.0143. The van der Waals surface area contributed by atoms with Crippen molar-refractivity contribution in [2.45, 2.75) is 32.2 Å². The van der Waals surface area contributed by atoms with Crippen molar-refractivity contribution >= 4 is 0 Å². The maximum atomic E-state index is 13.2. The maximum absolute atomic E-state index is 13.2. The van der Waals surface area contributed by atoms with Crippen LogP contribution < -0.4 is 5.32 Å². The van der Waals surface area contributed by atoms with E-state index in [2.05, 4.69) is 5.32 Å². The summed E-state index contributed by atoms with van der Waals surface area (Å²) in [6.07, 6.45) is -1.29. The van der Waals surface area contributed by atoms with Gasteiger partial charge < -0.3 is 10.1 Å². The molecule has 0 fully saturated rings. The van der Waals surface area contributed by atoms with Crippen LogP contribution in [-0.2, 0) is 4.74 Å². The second-order valence-corrected chi connectivity index (χ2v) is 4.46. The number of rotatable bonds is 9. The van der Waals surface area contributed by atoms with Crippen molar-refractivity contribution in [1.82, 2.24) is 5.32 Å². The fraction of sp³-hybridized carbons (Fsp3) is 0.571. The number of ether oxygens (including phenoxy) is 1. The monoisotopic (exact) mass is 293 g/mol. The van der Waals surface area contributed by atoms with E-state index in [-0.39, 0.29) is 12.6 Å². The van der Waals surface area contributed by atoms with Crippen LogP contribution in [0.3, 0.4) is 0 Å². The highest BCUT2D eigenvalue weighted by Crippen LogP contribution is 2.19. The predicted molar refractivity (Wildman–Crippen MR) is 68.8 cm³/mol. The van der Waals surface area contributed by atoms with Crippen LogP contribution in [0, 0.1) is 11.6 Å². The van der Waals surface area contributed by atoms with Gasteiger partial charge in [-0.15, -0.1) is 0 Å². The van der Waals surface area contributed by atoms with Crippen molar-refractivity contribution in [3.8, 4) is 0 Å². The first kappa shape index (κ1) is 16.9. The second-order valence-electron chi connectivity index (χ2n) is 4.46. The molecule has 0 radical (unpaired) electrons. The zero-order valence-corrected chi connectivity index (χ0v) is 11.3. The lowest BCUT2D eigenvalue weighted by Crippen LogP contribution is -2.24. The summed E-state index contributed by atoms with van der Waals surface area (Å²) in [5, 5.41) is 3.13. The van der Waals surface area contributed by atoms with Crippen molar-refractivity contribution in [2.75, 3.05) is 19.8 Å². The van der Waals surface area contributed by atoms with Crippen molar-refractivity contribution in [3.63, 3.8) is 0 Å². The molecule has 1 unspecified atom stereocenters. The summed E-state index contributed by atoms with van der Waals surface area (Å²) in [6, 6.07) is 2.96. The molecule has 1 rings (SSSR count). The molecular formula is C14H19F4NO. The van der Waals surface area contributed by atoms with E-state index in [0.29, 0.717) is 18.5 Å². The van der Waals surface area contributed by atoms with Gasteiger partial charge in [0.15, 0.2) is 0 Å². The standard InChI is InChI=1S/C14H19F4NO/c1-2-4-19-13(3-5-20-9-14(17)18)10-6-11(15)8-12(16)7-10/h6-8,13-14,19H,2-5,9H2,1H3. The van der Waals surface area contributed by atoms with Gasteiger partial charge in [0.25, 0.3) is 6.43 Å². The fourth-order valence-corrected chi connectivity index (χ4v) is 1.86. The first-order valence-electron chi connectivity index (χ1n) is 6.58. The SMILES string of the molecule is CCCNC(CCOCC(F)F)c1cc(F)cc(F)c1.